The number of aliphatic hydroxyl groups excluding tert-OH is 1. The molecule has 8 aliphatic carbocycles. The molecule has 8 rings (SSSR count). The Hall–Kier alpha value is -1.10. The number of carbonyl (C=O) groups excluding carboxylic acids is 1. The van der Waals surface area contributed by atoms with Crippen LogP contribution in [0.1, 0.15) is 183 Å². The highest BCUT2D eigenvalue weighted by atomic mass is 16.5. The smallest absolute Gasteiger partial charge is 0.306 e. The van der Waals surface area contributed by atoms with Gasteiger partial charge >= 0.3 is 11.9 Å². The number of hydrogen-bond donors (Lipinski definition) is 2. The van der Waals surface area contributed by atoms with Crippen LogP contribution in [0.2, 0.25) is 0 Å². The zero-order valence-corrected chi connectivity index (χ0v) is 34.8. The van der Waals surface area contributed by atoms with Gasteiger partial charge in [0.2, 0.25) is 0 Å². The van der Waals surface area contributed by atoms with Crippen LogP contribution >= 0.6 is 0 Å². The fraction of sp³-hybridized carbons (Fsp3) is 0.958. The molecule has 53 heavy (non-hydrogen) atoms. The molecule has 0 radical (unpaired) electrons. The van der Waals surface area contributed by atoms with Crippen LogP contribution in [0.25, 0.3) is 0 Å². The predicted octanol–water partition coefficient (Wildman–Crippen LogP) is 11.5. The molecule has 18 atom stereocenters. The minimum Gasteiger partial charge on any atom is -0.481 e. The molecule has 5 heteroatoms. The van der Waals surface area contributed by atoms with Crippen LogP contribution in [0.4, 0.5) is 0 Å². The Morgan fingerprint density at radius 3 is 1.60 bits per heavy atom. The summed E-state index contributed by atoms with van der Waals surface area (Å²) >= 11 is 0. The summed E-state index contributed by atoms with van der Waals surface area (Å²) in [5.41, 5.74) is 1.61. The van der Waals surface area contributed by atoms with Crippen molar-refractivity contribution in [1.29, 1.82) is 0 Å². The Bertz CT molecular complexity index is 1360. The second-order valence-electron chi connectivity index (χ2n) is 22.5. The van der Waals surface area contributed by atoms with E-state index in [-0.39, 0.29) is 18.2 Å². The van der Waals surface area contributed by atoms with Crippen molar-refractivity contribution < 1.29 is 24.5 Å². The fourth-order valence-electron chi connectivity index (χ4n) is 17.9. The summed E-state index contributed by atoms with van der Waals surface area (Å²) in [4.78, 5) is 24.8. The standard InChI is InChI=1S/C48H78O5/c1-29(7-17-43(50)51)37-13-15-40-36-12-10-32-28-34(20-24-46(32,4)42(36)22-26-47(37,40)5)53-44(52)18-8-30(2)38-14-16-39-35-11-9-31-27-33(49)19-23-45(31,3)41(35)21-25-48(38,39)6/h29-42,49H,7-28H2,1-6H3,(H,50,51)/t29-,30-,31-,32-,33-,34-,35+,36+,37-,38-,39+,40+,41+,42+,45+,46+,47-,48-/m1/s1. The highest BCUT2D eigenvalue weighted by molar-refractivity contribution is 5.69. The number of carboxylic acids is 1. The first kappa shape index (κ1) is 38.8. The maximum Gasteiger partial charge on any atom is 0.306 e. The fourth-order valence-corrected chi connectivity index (χ4v) is 17.9. The van der Waals surface area contributed by atoms with Gasteiger partial charge in [0.15, 0.2) is 0 Å². The first-order chi connectivity index (χ1) is 25.2. The molecule has 5 nitrogen and oxygen atoms in total. The van der Waals surface area contributed by atoms with Gasteiger partial charge in [-0.3, -0.25) is 9.59 Å². The lowest BCUT2D eigenvalue weighted by Gasteiger charge is -2.61. The van der Waals surface area contributed by atoms with E-state index >= 15 is 0 Å². The lowest BCUT2D eigenvalue weighted by Crippen LogP contribution is -2.54. The third-order valence-corrected chi connectivity index (χ3v) is 20.7. The van der Waals surface area contributed by atoms with Gasteiger partial charge in [0.05, 0.1) is 6.10 Å². The second-order valence-corrected chi connectivity index (χ2v) is 22.5. The van der Waals surface area contributed by atoms with E-state index in [1.807, 2.05) is 0 Å². The molecule has 0 aromatic carbocycles. The zero-order valence-electron chi connectivity index (χ0n) is 34.8. The van der Waals surface area contributed by atoms with E-state index in [0.29, 0.717) is 58.2 Å². The number of rotatable bonds is 9. The molecule has 8 aliphatic rings. The van der Waals surface area contributed by atoms with Gasteiger partial charge in [0.25, 0.3) is 0 Å². The van der Waals surface area contributed by atoms with Crippen molar-refractivity contribution in [2.24, 2.45) is 92.7 Å². The van der Waals surface area contributed by atoms with Gasteiger partial charge < -0.3 is 14.9 Å². The molecule has 300 valence electrons. The molecular weight excluding hydrogens is 657 g/mol. The largest absolute Gasteiger partial charge is 0.481 e. The van der Waals surface area contributed by atoms with Gasteiger partial charge in [-0.2, -0.15) is 0 Å². The zero-order chi connectivity index (χ0) is 37.5. The van der Waals surface area contributed by atoms with Crippen LogP contribution in [0, 0.1) is 92.7 Å². The Morgan fingerprint density at radius 2 is 1.06 bits per heavy atom. The summed E-state index contributed by atoms with van der Waals surface area (Å²) in [6.45, 7) is 15.2. The first-order valence-corrected chi connectivity index (χ1v) is 23.3. The monoisotopic (exact) mass is 735 g/mol. The number of aliphatic carboxylic acids is 1. The SMILES string of the molecule is C[C@H](CCC(=O)O[C@@H]1CC[C@@]2(C)[C@H](CC[C@@H]3[C@@H]2CC[C@]2(C)[C@@H]([C@H](C)CCC(=O)O)CC[C@@H]32)C1)[C@H]1CC[C@H]2[C@@H]3CC[C@@H]4C[C@H](O)CC[C@]4(C)[C@H]3CC[C@]12C. The number of carbonyl (C=O) groups is 2. The van der Waals surface area contributed by atoms with Crippen molar-refractivity contribution in [3.05, 3.63) is 0 Å². The third kappa shape index (κ3) is 6.49. The van der Waals surface area contributed by atoms with Crippen molar-refractivity contribution in [2.45, 2.75) is 195 Å². The molecule has 0 saturated heterocycles. The molecule has 2 N–H and O–H groups in total. The Labute approximate surface area is 323 Å². The highest BCUT2D eigenvalue weighted by Gasteiger charge is 2.62. The minimum absolute atomic E-state index is 0.0655. The van der Waals surface area contributed by atoms with E-state index in [1.165, 1.54) is 89.9 Å². The van der Waals surface area contributed by atoms with Gasteiger partial charge in [-0.15, -0.1) is 0 Å². The van der Waals surface area contributed by atoms with Crippen LogP contribution in [0.15, 0.2) is 0 Å². The quantitative estimate of drug-likeness (QED) is 0.230. The number of carboxylic acid groups (broad SMARTS) is 1. The molecule has 0 aromatic rings. The number of ether oxygens (including phenoxy) is 1. The average molecular weight is 735 g/mol. The molecule has 0 spiro atoms. The molecule has 0 unspecified atom stereocenters. The molecule has 0 aliphatic heterocycles. The summed E-state index contributed by atoms with van der Waals surface area (Å²) in [5.74, 6) is 8.26. The summed E-state index contributed by atoms with van der Waals surface area (Å²) in [6, 6.07) is 0. The summed E-state index contributed by atoms with van der Waals surface area (Å²) < 4.78 is 6.37. The van der Waals surface area contributed by atoms with Gasteiger partial charge in [-0.1, -0.05) is 41.5 Å². The van der Waals surface area contributed by atoms with Crippen LogP contribution in [0.5, 0.6) is 0 Å². The normalized spacial score (nSPS) is 51.4. The maximum atomic E-state index is 13.5. The molecule has 8 saturated carbocycles. The number of fused-ring (bicyclic) bond motifs is 10. The van der Waals surface area contributed by atoms with E-state index < -0.39 is 5.97 Å². The van der Waals surface area contributed by atoms with E-state index in [4.69, 9.17) is 4.74 Å². The van der Waals surface area contributed by atoms with Gasteiger partial charge in [0.1, 0.15) is 6.10 Å². The van der Waals surface area contributed by atoms with Gasteiger partial charge in [-0.25, -0.2) is 0 Å². The number of esters is 1. The number of aliphatic hydroxyl groups is 1. The van der Waals surface area contributed by atoms with Crippen molar-refractivity contribution in [2.75, 3.05) is 0 Å². The molecule has 8 fully saturated rings. The Morgan fingerprint density at radius 1 is 0.585 bits per heavy atom. The van der Waals surface area contributed by atoms with Crippen LogP contribution in [0.3, 0.4) is 0 Å². The molecule has 0 heterocycles. The summed E-state index contributed by atoms with van der Waals surface area (Å²) in [6.07, 6.45) is 25.4. The van der Waals surface area contributed by atoms with E-state index in [1.54, 1.807) is 0 Å². The van der Waals surface area contributed by atoms with Gasteiger partial charge in [-0.05, 0) is 221 Å². The van der Waals surface area contributed by atoms with Crippen molar-refractivity contribution in [3.8, 4) is 0 Å². The van der Waals surface area contributed by atoms with Crippen LogP contribution in [-0.2, 0) is 14.3 Å². The van der Waals surface area contributed by atoms with Crippen molar-refractivity contribution in [1.82, 2.24) is 0 Å². The lowest BCUT2D eigenvalue weighted by molar-refractivity contribution is -0.163. The Kier molecular flexibility index (Phi) is 10.5. The summed E-state index contributed by atoms with van der Waals surface area (Å²) in [7, 11) is 0. The average Bonchev–Trinajstić information content (AvgIpc) is 3.67. The van der Waals surface area contributed by atoms with Crippen LogP contribution < -0.4 is 0 Å². The van der Waals surface area contributed by atoms with E-state index in [2.05, 4.69) is 41.5 Å². The molecular formula is C48H78O5. The van der Waals surface area contributed by atoms with Crippen LogP contribution in [-0.4, -0.2) is 34.4 Å². The molecule has 0 amide bonds. The molecule has 0 aromatic heterocycles. The van der Waals surface area contributed by atoms with Crippen molar-refractivity contribution >= 4 is 11.9 Å². The second kappa shape index (κ2) is 14.4. The lowest BCUT2D eigenvalue weighted by atomic mass is 9.44. The van der Waals surface area contributed by atoms with Crippen molar-refractivity contribution in [3.63, 3.8) is 0 Å². The predicted molar refractivity (Wildman–Crippen MR) is 211 cm³/mol. The van der Waals surface area contributed by atoms with E-state index in [0.717, 1.165) is 85.9 Å². The number of hydrogen-bond acceptors (Lipinski definition) is 4. The minimum atomic E-state index is -0.648. The highest BCUT2D eigenvalue weighted by Crippen LogP contribution is 2.70. The van der Waals surface area contributed by atoms with E-state index in [9.17, 15) is 19.8 Å². The molecule has 0 bridgehead atoms. The Balaban J connectivity index is 0.823. The summed E-state index contributed by atoms with van der Waals surface area (Å²) in [5, 5.41) is 19.8. The first-order valence-electron chi connectivity index (χ1n) is 23.3. The van der Waals surface area contributed by atoms with Gasteiger partial charge in [0, 0.05) is 12.8 Å². The maximum absolute atomic E-state index is 13.5. The topological polar surface area (TPSA) is 83.8 Å². The third-order valence-electron chi connectivity index (χ3n) is 20.7.